The lowest BCUT2D eigenvalue weighted by atomic mass is 9.82. The molecule has 0 saturated heterocycles. The summed E-state index contributed by atoms with van der Waals surface area (Å²) in [5, 5.41) is 3.37. The molecule has 0 amide bonds. The Hall–Kier alpha value is -1.09. The first kappa shape index (κ1) is 11.4. The van der Waals surface area contributed by atoms with Crippen molar-refractivity contribution in [2.75, 3.05) is 12.8 Å². The molecule has 1 heterocycles. The maximum atomic E-state index is 5.90. The second kappa shape index (κ2) is 4.42. The fourth-order valence-corrected chi connectivity index (χ4v) is 2.79. The van der Waals surface area contributed by atoms with Crippen LogP contribution in [0.4, 0.5) is 5.82 Å². The van der Waals surface area contributed by atoms with Crippen LogP contribution >= 0.6 is 0 Å². The molecule has 88 valence electrons. The van der Waals surface area contributed by atoms with Gasteiger partial charge in [0.25, 0.3) is 0 Å². The molecule has 0 aliphatic heterocycles. The minimum Gasteiger partial charge on any atom is -0.383 e. The second-order valence-electron chi connectivity index (χ2n) is 5.26. The van der Waals surface area contributed by atoms with Gasteiger partial charge in [0.15, 0.2) is 0 Å². The topological polar surface area (TPSA) is 50.9 Å². The first-order valence-electron chi connectivity index (χ1n) is 6.00. The van der Waals surface area contributed by atoms with Crippen LogP contribution in [0.15, 0.2) is 18.3 Å². The van der Waals surface area contributed by atoms with E-state index < -0.39 is 0 Å². The van der Waals surface area contributed by atoms with Crippen molar-refractivity contribution < 1.29 is 0 Å². The Morgan fingerprint density at radius 2 is 2.44 bits per heavy atom. The maximum absolute atomic E-state index is 5.90. The molecule has 2 atom stereocenters. The highest BCUT2D eigenvalue weighted by molar-refractivity contribution is 5.39. The first-order chi connectivity index (χ1) is 7.63. The zero-order chi connectivity index (χ0) is 11.6. The molecule has 1 aliphatic rings. The number of rotatable bonds is 3. The molecule has 0 aromatic carbocycles. The Labute approximate surface area is 97.5 Å². The Bertz CT molecular complexity index is 364. The minimum atomic E-state index is 0.380. The third kappa shape index (κ3) is 2.35. The van der Waals surface area contributed by atoms with Crippen LogP contribution in [-0.2, 0) is 6.42 Å². The Balaban J connectivity index is 2.08. The molecule has 1 aromatic heterocycles. The van der Waals surface area contributed by atoms with Crippen molar-refractivity contribution in [2.24, 2.45) is 5.41 Å². The smallest absolute Gasteiger partial charge is 0.126 e. The lowest BCUT2D eigenvalue weighted by molar-refractivity contribution is 0.324. The standard InChI is InChI=1S/C13H21N3/c1-13(6-5-11(9-13)15-2)8-10-4-3-7-16-12(10)14/h3-4,7,11,15H,5-6,8-9H2,1-2H3,(H2,14,16). The summed E-state index contributed by atoms with van der Waals surface area (Å²) in [6, 6.07) is 4.74. The summed E-state index contributed by atoms with van der Waals surface area (Å²) in [5.74, 6) is 0.691. The third-order valence-electron chi connectivity index (χ3n) is 3.79. The van der Waals surface area contributed by atoms with Gasteiger partial charge in [-0.15, -0.1) is 0 Å². The van der Waals surface area contributed by atoms with Gasteiger partial charge in [0, 0.05) is 12.2 Å². The number of nitrogens with one attached hydrogen (secondary N) is 1. The first-order valence-corrected chi connectivity index (χ1v) is 6.00. The van der Waals surface area contributed by atoms with E-state index in [0.29, 0.717) is 17.3 Å². The number of nitrogen functional groups attached to an aromatic ring is 1. The largest absolute Gasteiger partial charge is 0.383 e. The van der Waals surface area contributed by atoms with E-state index in [1.165, 1.54) is 24.8 Å². The summed E-state index contributed by atoms with van der Waals surface area (Å²) in [4.78, 5) is 4.15. The van der Waals surface area contributed by atoms with Crippen molar-refractivity contribution >= 4 is 5.82 Å². The number of anilines is 1. The van der Waals surface area contributed by atoms with Gasteiger partial charge in [0.1, 0.15) is 5.82 Å². The fourth-order valence-electron chi connectivity index (χ4n) is 2.79. The molecule has 1 aliphatic carbocycles. The van der Waals surface area contributed by atoms with Crippen LogP contribution in [0.5, 0.6) is 0 Å². The van der Waals surface area contributed by atoms with Crippen molar-refractivity contribution in [1.29, 1.82) is 0 Å². The number of hydrogen-bond donors (Lipinski definition) is 2. The molecule has 2 unspecified atom stereocenters. The number of pyridine rings is 1. The van der Waals surface area contributed by atoms with Crippen molar-refractivity contribution in [3.8, 4) is 0 Å². The number of hydrogen-bond acceptors (Lipinski definition) is 3. The summed E-state index contributed by atoms with van der Waals surface area (Å²) >= 11 is 0. The van der Waals surface area contributed by atoms with E-state index in [0.717, 1.165) is 6.42 Å². The lowest BCUT2D eigenvalue weighted by Crippen LogP contribution is -2.25. The van der Waals surface area contributed by atoms with Crippen LogP contribution in [-0.4, -0.2) is 18.1 Å². The van der Waals surface area contributed by atoms with Gasteiger partial charge in [0.05, 0.1) is 0 Å². The van der Waals surface area contributed by atoms with E-state index in [9.17, 15) is 0 Å². The maximum Gasteiger partial charge on any atom is 0.126 e. The molecule has 0 radical (unpaired) electrons. The van der Waals surface area contributed by atoms with Crippen LogP contribution in [0.2, 0.25) is 0 Å². The molecule has 3 N–H and O–H groups in total. The van der Waals surface area contributed by atoms with E-state index in [2.05, 4.69) is 30.3 Å². The van der Waals surface area contributed by atoms with E-state index >= 15 is 0 Å². The van der Waals surface area contributed by atoms with Crippen molar-refractivity contribution in [3.05, 3.63) is 23.9 Å². The number of aromatic nitrogens is 1. The molecule has 1 fully saturated rings. The van der Waals surface area contributed by atoms with Crippen LogP contribution in [0.3, 0.4) is 0 Å². The summed E-state index contributed by atoms with van der Waals surface area (Å²) in [6.07, 6.45) is 6.58. The van der Waals surface area contributed by atoms with Crippen LogP contribution in [0, 0.1) is 5.41 Å². The van der Waals surface area contributed by atoms with E-state index in [-0.39, 0.29) is 0 Å². The van der Waals surface area contributed by atoms with Crippen LogP contribution < -0.4 is 11.1 Å². The van der Waals surface area contributed by atoms with E-state index in [4.69, 9.17) is 5.73 Å². The summed E-state index contributed by atoms with van der Waals surface area (Å²) in [7, 11) is 2.05. The average Bonchev–Trinajstić information content (AvgIpc) is 2.64. The zero-order valence-corrected chi connectivity index (χ0v) is 10.2. The lowest BCUT2D eigenvalue weighted by Gasteiger charge is -2.24. The van der Waals surface area contributed by atoms with Crippen molar-refractivity contribution in [3.63, 3.8) is 0 Å². The third-order valence-corrected chi connectivity index (χ3v) is 3.79. The second-order valence-corrected chi connectivity index (χ2v) is 5.26. The van der Waals surface area contributed by atoms with Gasteiger partial charge < -0.3 is 11.1 Å². The zero-order valence-electron chi connectivity index (χ0n) is 10.2. The predicted molar refractivity (Wildman–Crippen MR) is 67.2 cm³/mol. The molecule has 16 heavy (non-hydrogen) atoms. The van der Waals surface area contributed by atoms with Gasteiger partial charge in [-0.05, 0) is 49.8 Å². The van der Waals surface area contributed by atoms with Gasteiger partial charge >= 0.3 is 0 Å². The van der Waals surface area contributed by atoms with E-state index in [1.54, 1.807) is 6.20 Å². The predicted octanol–water partition coefficient (Wildman–Crippen LogP) is 1.98. The fraction of sp³-hybridized carbons (Fsp3) is 0.615. The molecule has 0 bridgehead atoms. The Morgan fingerprint density at radius 3 is 3.06 bits per heavy atom. The molecule has 0 spiro atoms. The molecule has 2 rings (SSSR count). The molecular weight excluding hydrogens is 198 g/mol. The van der Waals surface area contributed by atoms with Crippen LogP contribution in [0.25, 0.3) is 0 Å². The Morgan fingerprint density at radius 1 is 1.62 bits per heavy atom. The molecule has 1 saturated carbocycles. The van der Waals surface area contributed by atoms with Gasteiger partial charge in [-0.3, -0.25) is 0 Å². The Kier molecular flexibility index (Phi) is 3.15. The van der Waals surface area contributed by atoms with Crippen LogP contribution in [0.1, 0.15) is 31.7 Å². The minimum absolute atomic E-state index is 0.380. The van der Waals surface area contributed by atoms with Crippen molar-refractivity contribution in [1.82, 2.24) is 10.3 Å². The molecular formula is C13H21N3. The average molecular weight is 219 g/mol. The number of nitrogens with zero attached hydrogens (tertiary/aromatic N) is 1. The van der Waals surface area contributed by atoms with Gasteiger partial charge in [-0.25, -0.2) is 4.98 Å². The van der Waals surface area contributed by atoms with Gasteiger partial charge in [0.2, 0.25) is 0 Å². The summed E-state index contributed by atoms with van der Waals surface area (Å²) in [5.41, 5.74) is 7.47. The summed E-state index contributed by atoms with van der Waals surface area (Å²) in [6.45, 7) is 2.36. The normalized spacial score (nSPS) is 29.5. The quantitative estimate of drug-likeness (QED) is 0.817. The van der Waals surface area contributed by atoms with E-state index in [1.807, 2.05) is 6.07 Å². The number of nitrogens with two attached hydrogens (primary N) is 1. The van der Waals surface area contributed by atoms with Crippen molar-refractivity contribution in [2.45, 2.75) is 38.6 Å². The van der Waals surface area contributed by atoms with Gasteiger partial charge in [-0.2, -0.15) is 0 Å². The van der Waals surface area contributed by atoms with Gasteiger partial charge in [-0.1, -0.05) is 13.0 Å². The summed E-state index contributed by atoms with van der Waals surface area (Å²) < 4.78 is 0. The highest BCUT2D eigenvalue weighted by atomic mass is 14.9. The monoisotopic (exact) mass is 219 g/mol. The highest BCUT2D eigenvalue weighted by Crippen LogP contribution is 2.41. The SMILES string of the molecule is CNC1CCC(C)(Cc2cccnc2N)C1. The molecule has 3 nitrogen and oxygen atoms in total. The highest BCUT2D eigenvalue weighted by Gasteiger charge is 2.34. The molecule has 3 heteroatoms. The molecule has 1 aromatic rings.